The highest BCUT2D eigenvalue weighted by atomic mass is 16.5. The van der Waals surface area contributed by atoms with Crippen LogP contribution in [0.3, 0.4) is 0 Å². The third-order valence-electron chi connectivity index (χ3n) is 4.09. The Kier molecular flexibility index (Phi) is 7.19. The van der Waals surface area contributed by atoms with E-state index in [9.17, 15) is 9.59 Å². The summed E-state index contributed by atoms with van der Waals surface area (Å²) in [6.07, 6.45) is 3.40. The van der Waals surface area contributed by atoms with Crippen molar-refractivity contribution in [1.29, 1.82) is 0 Å². The zero-order valence-electron chi connectivity index (χ0n) is 13.3. The summed E-state index contributed by atoms with van der Waals surface area (Å²) in [4.78, 5) is 28.3. The Morgan fingerprint density at radius 2 is 2.00 bits per heavy atom. The van der Waals surface area contributed by atoms with Gasteiger partial charge in [0, 0.05) is 26.4 Å². The number of hydrogen-bond acceptors (Lipinski definition) is 3. The highest BCUT2D eigenvalue weighted by molar-refractivity contribution is 5.92. The summed E-state index contributed by atoms with van der Waals surface area (Å²) < 4.78 is 4.98. The molecule has 0 aromatic heterocycles. The quantitative estimate of drug-likeness (QED) is 0.479. The smallest absolute Gasteiger partial charge is 0.345 e. The fourth-order valence-corrected chi connectivity index (χ4v) is 2.56. The normalized spacial score (nSPS) is 18.4. The lowest BCUT2D eigenvalue weighted by molar-refractivity contribution is -0.141. The molecule has 1 unspecified atom stereocenters. The fourth-order valence-electron chi connectivity index (χ4n) is 2.56. The Hall–Kier alpha value is -1.59. The molecule has 1 atom stereocenters. The van der Waals surface area contributed by atoms with E-state index >= 15 is 0 Å². The largest absolute Gasteiger partial charge is 0.466 e. The van der Waals surface area contributed by atoms with Gasteiger partial charge in [0.15, 0.2) is 0 Å². The first-order chi connectivity index (χ1) is 9.93. The summed E-state index contributed by atoms with van der Waals surface area (Å²) in [6, 6.07) is -0.222. The van der Waals surface area contributed by atoms with Crippen LogP contribution >= 0.6 is 0 Å². The molecule has 1 rings (SSSR count). The van der Waals surface area contributed by atoms with Crippen LogP contribution in [0, 0.1) is 11.8 Å². The Morgan fingerprint density at radius 3 is 2.52 bits per heavy atom. The van der Waals surface area contributed by atoms with Gasteiger partial charge in [0.2, 0.25) is 0 Å². The van der Waals surface area contributed by atoms with Crippen molar-refractivity contribution in [3.63, 3.8) is 0 Å². The van der Waals surface area contributed by atoms with Gasteiger partial charge in [-0.1, -0.05) is 13.8 Å². The third kappa shape index (κ3) is 6.14. The summed E-state index contributed by atoms with van der Waals surface area (Å²) in [7, 11) is 0. The number of carbonyl (C=O) groups is 2. The number of aliphatic imine (C=N–C) groups is 1. The van der Waals surface area contributed by atoms with Crippen LogP contribution in [0.15, 0.2) is 4.99 Å². The number of urea groups is 1. The maximum absolute atomic E-state index is 11.9. The minimum Gasteiger partial charge on any atom is -0.466 e. The molecule has 120 valence electrons. The number of rotatable bonds is 5. The van der Waals surface area contributed by atoms with Gasteiger partial charge < -0.3 is 15.4 Å². The van der Waals surface area contributed by atoms with E-state index in [0.29, 0.717) is 30.7 Å². The maximum Gasteiger partial charge on any atom is 0.345 e. The number of likely N-dealkylation sites (tertiary alicyclic amines) is 1. The highest BCUT2D eigenvalue weighted by Gasteiger charge is 2.26. The second-order valence-electron chi connectivity index (χ2n) is 5.67. The Labute approximate surface area is 126 Å². The number of amides is 2. The molecule has 1 saturated heterocycles. The second kappa shape index (κ2) is 8.64. The zero-order valence-corrected chi connectivity index (χ0v) is 13.3. The lowest BCUT2D eigenvalue weighted by atomic mass is 9.84. The van der Waals surface area contributed by atoms with Crippen LogP contribution in [0.25, 0.3) is 0 Å². The molecule has 21 heavy (non-hydrogen) atoms. The fraction of sp³-hybridized carbons (Fsp3) is 0.800. The summed E-state index contributed by atoms with van der Waals surface area (Å²) in [5.41, 5.74) is 5.60. The molecule has 6 heteroatoms. The van der Waals surface area contributed by atoms with Crippen molar-refractivity contribution >= 4 is 17.8 Å². The number of nitrogens with two attached hydrogens (primary N) is 1. The minimum atomic E-state index is -0.228. The standard InChI is InChI=1S/C15H27N3O3/c1-4-14(16)17-15(20)18-8-5-13(6-9-18)11(2)7-10-21-12(3)19/h11,13H,4-10H2,1-3H3,(H2,16,17,20). The van der Waals surface area contributed by atoms with Gasteiger partial charge >= 0.3 is 12.0 Å². The average Bonchev–Trinajstić information content (AvgIpc) is 2.46. The average molecular weight is 297 g/mol. The van der Waals surface area contributed by atoms with Crippen molar-refractivity contribution in [2.45, 2.75) is 46.5 Å². The minimum absolute atomic E-state index is 0.222. The summed E-state index contributed by atoms with van der Waals surface area (Å²) in [6.45, 7) is 7.41. The van der Waals surface area contributed by atoms with Gasteiger partial charge in [-0.15, -0.1) is 0 Å². The molecule has 2 amide bonds. The third-order valence-corrected chi connectivity index (χ3v) is 4.09. The number of ether oxygens (including phenoxy) is 1. The van der Waals surface area contributed by atoms with Crippen molar-refractivity contribution in [3.05, 3.63) is 0 Å². The topological polar surface area (TPSA) is 85.0 Å². The number of amidine groups is 1. The van der Waals surface area contributed by atoms with E-state index in [1.54, 1.807) is 4.90 Å². The molecule has 0 radical (unpaired) electrons. The van der Waals surface area contributed by atoms with E-state index < -0.39 is 0 Å². The Balaban J connectivity index is 2.34. The number of piperidine rings is 1. The highest BCUT2D eigenvalue weighted by Crippen LogP contribution is 2.27. The second-order valence-corrected chi connectivity index (χ2v) is 5.67. The van der Waals surface area contributed by atoms with Gasteiger partial charge in [0.1, 0.15) is 5.84 Å². The van der Waals surface area contributed by atoms with Crippen molar-refractivity contribution in [2.24, 2.45) is 22.6 Å². The molecule has 2 N–H and O–H groups in total. The first-order valence-electron chi connectivity index (χ1n) is 7.69. The van der Waals surface area contributed by atoms with Gasteiger partial charge in [-0.3, -0.25) is 4.79 Å². The molecule has 0 spiro atoms. The van der Waals surface area contributed by atoms with Crippen LogP contribution in [0.1, 0.15) is 46.5 Å². The van der Waals surface area contributed by atoms with E-state index in [1.807, 2.05) is 6.92 Å². The molecule has 1 aliphatic heterocycles. The lowest BCUT2D eigenvalue weighted by Crippen LogP contribution is -2.39. The van der Waals surface area contributed by atoms with Crippen molar-refractivity contribution in [1.82, 2.24) is 4.90 Å². The number of carbonyl (C=O) groups excluding carboxylic acids is 2. The van der Waals surface area contributed by atoms with Gasteiger partial charge in [-0.05, 0) is 31.1 Å². The van der Waals surface area contributed by atoms with Crippen LogP contribution in [0.2, 0.25) is 0 Å². The van der Waals surface area contributed by atoms with Crippen molar-refractivity contribution in [3.8, 4) is 0 Å². The van der Waals surface area contributed by atoms with E-state index in [0.717, 1.165) is 32.4 Å². The van der Waals surface area contributed by atoms with Gasteiger partial charge in [0.05, 0.1) is 6.61 Å². The Morgan fingerprint density at radius 1 is 1.38 bits per heavy atom. The van der Waals surface area contributed by atoms with Crippen LogP contribution in [0.4, 0.5) is 4.79 Å². The van der Waals surface area contributed by atoms with Gasteiger partial charge in [0.25, 0.3) is 0 Å². The molecular weight excluding hydrogens is 270 g/mol. The summed E-state index contributed by atoms with van der Waals surface area (Å²) in [5.74, 6) is 1.22. The number of hydrogen-bond donors (Lipinski definition) is 1. The first-order valence-corrected chi connectivity index (χ1v) is 7.69. The predicted octanol–water partition coefficient (Wildman–Crippen LogP) is 2.17. The van der Waals surface area contributed by atoms with E-state index in [4.69, 9.17) is 10.5 Å². The van der Waals surface area contributed by atoms with Crippen LogP contribution in [-0.2, 0) is 9.53 Å². The SMILES string of the molecule is CCC(N)=NC(=O)N1CCC(C(C)CCOC(C)=O)CC1. The monoisotopic (exact) mass is 297 g/mol. The molecular formula is C15H27N3O3. The zero-order chi connectivity index (χ0) is 15.8. The molecule has 0 aromatic carbocycles. The van der Waals surface area contributed by atoms with Crippen molar-refractivity contribution in [2.75, 3.05) is 19.7 Å². The molecule has 0 saturated carbocycles. The number of esters is 1. The number of nitrogens with zero attached hydrogens (tertiary/aromatic N) is 2. The van der Waals surface area contributed by atoms with E-state index in [-0.39, 0.29) is 12.0 Å². The lowest BCUT2D eigenvalue weighted by Gasteiger charge is -2.34. The van der Waals surface area contributed by atoms with Crippen molar-refractivity contribution < 1.29 is 14.3 Å². The maximum atomic E-state index is 11.9. The molecule has 0 bridgehead atoms. The molecule has 1 aliphatic rings. The molecule has 6 nitrogen and oxygen atoms in total. The molecule has 1 heterocycles. The molecule has 0 aliphatic carbocycles. The van der Waals surface area contributed by atoms with E-state index in [1.165, 1.54) is 6.92 Å². The summed E-state index contributed by atoms with van der Waals surface area (Å²) >= 11 is 0. The predicted molar refractivity (Wildman–Crippen MR) is 82.0 cm³/mol. The van der Waals surface area contributed by atoms with Gasteiger partial charge in [-0.2, -0.15) is 4.99 Å². The van der Waals surface area contributed by atoms with Crippen LogP contribution in [0.5, 0.6) is 0 Å². The van der Waals surface area contributed by atoms with Crippen LogP contribution < -0.4 is 5.73 Å². The Bertz CT molecular complexity index is 388. The van der Waals surface area contributed by atoms with Crippen LogP contribution in [-0.4, -0.2) is 42.4 Å². The molecule has 0 aromatic rings. The van der Waals surface area contributed by atoms with Gasteiger partial charge in [-0.25, -0.2) is 4.79 Å². The summed E-state index contributed by atoms with van der Waals surface area (Å²) in [5, 5.41) is 0. The van der Waals surface area contributed by atoms with E-state index in [2.05, 4.69) is 11.9 Å². The first kappa shape index (κ1) is 17.5. The molecule has 1 fully saturated rings.